The van der Waals surface area contributed by atoms with Crippen LogP contribution in [0.25, 0.3) is 0 Å². The first-order valence-corrected chi connectivity index (χ1v) is 9.51. The summed E-state index contributed by atoms with van der Waals surface area (Å²) in [6, 6.07) is 16.5. The van der Waals surface area contributed by atoms with Crippen molar-refractivity contribution in [1.29, 1.82) is 0 Å². The van der Waals surface area contributed by atoms with Crippen LogP contribution in [-0.4, -0.2) is 29.2 Å². The van der Waals surface area contributed by atoms with Crippen LogP contribution >= 0.6 is 0 Å². The van der Waals surface area contributed by atoms with Crippen molar-refractivity contribution >= 4 is 11.6 Å². The lowest BCUT2D eigenvalue weighted by Gasteiger charge is -2.32. The molecule has 1 heterocycles. The molecule has 4 nitrogen and oxygen atoms in total. The average molecular weight is 366 g/mol. The van der Waals surface area contributed by atoms with E-state index in [2.05, 4.69) is 5.16 Å². The van der Waals surface area contributed by atoms with Crippen LogP contribution < -0.4 is 0 Å². The third-order valence-electron chi connectivity index (χ3n) is 5.35. The Labute approximate surface area is 158 Å². The fourth-order valence-corrected chi connectivity index (χ4v) is 3.55. The Morgan fingerprint density at radius 1 is 1.11 bits per heavy atom. The third kappa shape index (κ3) is 4.02. The second-order valence-corrected chi connectivity index (χ2v) is 7.27. The minimum atomic E-state index is -0.280. The van der Waals surface area contributed by atoms with Gasteiger partial charge in [0.15, 0.2) is 6.10 Å². The highest BCUT2D eigenvalue weighted by Crippen LogP contribution is 2.30. The van der Waals surface area contributed by atoms with Gasteiger partial charge < -0.3 is 9.74 Å². The van der Waals surface area contributed by atoms with Gasteiger partial charge in [0, 0.05) is 24.4 Å². The van der Waals surface area contributed by atoms with Crippen molar-refractivity contribution in [1.82, 2.24) is 4.90 Å². The molecule has 0 saturated heterocycles. The molecule has 5 heteroatoms. The lowest BCUT2D eigenvalue weighted by Crippen LogP contribution is -2.42. The van der Waals surface area contributed by atoms with E-state index in [1.165, 1.54) is 6.07 Å². The highest BCUT2D eigenvalue weighted by Gasteiger charge is 2.33. The van der Waals surface area contributed by atoms with Crippen molar-refractivity contribution in [3.63, 3.8) is 0 Å². The van der Waals surface area contributed by atoms with Gasteiger partial charge in [-0.1, -0.05) is 60.1 Å². The normalized spacial score (nSPS) is 19.1. The Morgan fingerprint density at radius 2 is 1.85 bits per heavy atom. The standard InChI is InChI=1S/C22H23FN2O2/c23-20-12-5-4-9-18(20)14-25(22(26)17-10-6-11-17)15-19-13-21(24-27-19)16-7-2-1-3-8-16/h1-5,7-9,12,17,19H,6,10-11,13-15H2. The molecule has 0 bridgehead atoms. The van der Waals surface area contributed by atoms with E-state index in [1.54, 1.807) is 23.1 Å². The number of carbonyl (C=O) groups excluding carboxylic acids is 1. The molecule has 2 aromatic rings. The number of oxime groups is 1. The summed E-state index contributed by atoms with van der Waals surface area (Å²) in [5.74, 6) is -0.119. The summed E-state index contributed by atoms with van der Waals surface area (Å²) < 4.78 is 14.1. The molecule has 0 spiro atoms. The van der Waals surface area contributed by atoms with Crippen LogP contribution in [0.2, 0.25) is 0 Å². The van der Waals surface area contributed by atoms with Crippen molar-refractivity contribution in [2.45, 2.75) is 38.3 Å². The van der Waals surface area contributed by atoms with Gasteiger partial charge in [-0.15, -0.1) is 0 Å². The molecule has 4 rings (SSSR count). The fourth-order valence-electron chi connectivity index (χ4n) is 3.55. The molecule has 0 N–H and O–H groups in total. The number of amides is 1. The molecule has 1 unspecified atom stereocenters. The summed E-state index contributed by atoms with van der Waals surface area (Å²) in [5, 5.41) is 4.21. The van der Waals surface area contributed by atoms with Crippen LogP contribution in [0, 0.1) is 11.7 Å². The summed E-state index contributed by atoms with van der Waals surface area (Å²) in [6.07, 6.45) is 3.38. The van der Waals surface area contributed by atoms with Gasteiger partial charge in [-0.05, 0) is 24.5 Å². The maximum Gasteiger partial charge on any atom is 0.226 e. The Morgan fingerprint density at radius 3 is 2.56 bits per heavy atom. The quantitative estimate of drug-likeness (QED) is 0.771. The molecule has 1 fully saturated rings. The van der Waals surface area contributed by atoms with Gasteiger partial charge in [-0.3, -0.25) is 4.79 Å². The second-order valence-electron chi connectivity index (χ2n) is 7.27. The Kier molecular flexibility index (Phi) is 5.19. The largest absolute Gasteiger partial charge is 0.390 e. The number of hydrogen-bond acceptors (Lipinski definition) is 3. The maximum atomic E-state index is 14.1. The van der Waals surface area contributed by atoms with Gasteiger partial charge in [-0.2, -0.15) is 0 Å². The highest BCUT2D eigenvalue weighted by molar-refractivity contribution is 6.01. The molecule has 0 radical (unpaired) electrons. The van der Waals surface area contributed by atoms with E-state index >= 15 is 0 Å². The molecule has 1 aliphatic carbocycles. The van der Waals surface area contributed by atoms with Crippen molar-refractivity contribution in [3.8, 4) is 0 Å². The summed E-state index contributed by atoms with van der Waals surface area (Å²) in [7, 11) is 0. The second kappa shape index (κ2) is 7.91. The van der Waals surface area contributed by atoms with Gasteiger partial charge in [0.25, 0.3) is 0 Å². The average Bonchev–Trinajstić information content (AvgIpc) is 3.11. The number of carbonyl (C=O) groups is 1. The van der Waals surface area contributed by atoms with E-state index in [0.717, 1.165) is 30.5 Å². The maximum absolute atomic E-state index is 14.1. The van der Waals surface area contributed by atoms with Crippen molar-refractivity contribution < 1.29 is 14.0 Å². The summed E-state index contributed by atoms with van der Waals surface area (Å²) in [6.45, 7) is 0.687. The predicted octanol–water partition coefficient (Wildman–Crippen LogP) is 4.15. The molecular weight excluding hydrogens is 343 g/mol. The number of benzene rings is 2. The van der Waals surface area contributed by atoms with Crippen LogP contribution in [0.15, 0.2) is 59.8 Å². The smallest absolute Gasteiger partial charge is 0.226 e. The molecule has 1 amide bonds. The first-order valence-electron chi connectivity index (χ1n) is 9.51. The zero-order chi connectivity index (χ0) is 18.6. The number of hydrogen-bond donors (Lipinski definition) is 0. The van der Waals surface area contributed by atoms with Crippen LogP contribution in [0.4, 0.5) is 4.39 Å². The molecule has 1 saturated carbocycles. The molecule has 1 atom stereocenters. The van der Waals surface area contributed by atoms with E-state index in [1.807, 2.05) is 30.3 Å². The zero-order valence-corrected chi connectivity index (χ0v) is 15.2. The van der Waals surface area contributed by atoms with Crippen molar-refractivity contribution in [3.05, 3.63) is 71.5 Å². The summed E-state index contributed by atoms with van der Waals surface area (Å²) in [4.78, 5) is 20.2. The number of nitrogens with zero attached hydrogens (tertiary/aromatic N) is 2. The number of rotatable bonds is 6. The van der Waals surface area contributed by atoms with Crippen LogP contribution in [0.5, 0.6) is 0 Å². The van der Waals surface area contributed by atoms with Crippen LogP contribution in [0.1, 0.15) is 36.8 Å². The lowest BCUT2D eigenvalue weighted by atomic mass is 9.84. The van der Waals surface area contributed by atoms with Crippen molar-refractivity contribution in [2.24, 2.45) is 11.1 Å². The van der Waals surface area contributed by atoms with E-state index in [-0.39, 0.29) is 30.3 Å². The molecule has 0 aromatic heterocycles. The van der Waals surface area contributed by atoms with E-state index in [0.29, 0.717) is 18.5 Å². The van der Waals surface area contributed by atoms with Gasteiger partial charge in [-0.25, -0.2) is 4.39 Å². The van der Waals surface area contributed by atoms with Crippen LogP contribution in [0.3, 0.4) is 0 Å². The molecular formula is C22H23FN2O2. The van der Waals surface area contributed by atoms with Gasteiger partial charge in [0.05, 0.1) is 12.3 Å². The third-order valence-corrected chi connectivity index (χ3v) is 5.35. The topological polar surface area (TPSA) is 41.9 Å². The summed E-state index contributed by atoms with van der Waals surface area (Å²) >= 11 is 0. The first kappa shape index (κ1) is 17.7. The Bertz CT molecular complexity index is 833. The van der Waals surface area contributed by atoms with Crippen LogP contribution in [-0.2, 0) is 16.2 Å². The molecule has 1 aliphatic heterocycles. The zero-order valence-electron chi connectivity index (χ0n) is 15.2. The Hall–Kier alpha value is -2.69. The van der Waals surface area contributed by atoms with Gasteiger partial charge >= 0.3 is 0 Å². The minimum Gasteiger partial charge on any atom is -0.390 e. The Balaban J connectivity index is 1.45. The molecule has 2 aliphatic rings. The van der Waals surface area contributed by atoms with E-state index in [4.69, 9.17) is 4.84 Å². The lowest BCUT2D eigenvalue weighted by molar-refractivity contribution is -0.140. The first-order chi connectivity index (χ1) is 13.2. The highest BCUT2D eigenvalue weighted by atomic mass is 19.1. The monoisotopic (exact) mass is 366 g/mol. The van der Waals surface area contributed by atoms with E-state index < -0.39 is 0 Å². The fraction of sp³-hybridized carbons (Fsp3) is 0.364. The molecule has 27 heavy (non-hydrogen) atoms. The SMILES string of the molecule is O=C(C1CCC1)N(Cc1ccccc1F)CC1CC(c2ccccc2)=NO1. The van der Waals surface area contributed by atoms with Gasteiger partial charge in [0.2, 0.25) is 5.91 Å². The molecule has 2 aromatic carbocycles. The van der Waals surface area contributed by atoms with Crippen molar-refractivity contribution in [2.75, 3.05) is 6.54 Å². The summed E-state index contributed by atoms with van der Waals surface area (Å²) in [5.41, 5.74) is 2.46. The van der Waals surface area contributed by atoms with E-state index in [9.17, 15) is 9.18 Å². The van der Waals surface area contributed by atoms with Gasteiger partial charge in [0.1, 0.15) is 5.82 Å². The predicted molar refractivity (Wildman–Crippen MR) is 102 cm³/mol. The number of halogens is 1. The molecule has 140 valence electrons. The minimum absolute atomic E-state index is 0.0627.